The van der Waals surface area contributed by atoms with Gasteiger partial charge in [0.1, 0.15) is 0 Å². The summed E-state index contributed by atoms with van der Waals surface area (Å²) in [7, 11) is 0. The van der Waals surface area contributed by atoms with Crippen molar-refractivity contribution in [2.24, 2.45) is 0 Å². The van der Waals surface area contributed by atoms with Gasteiger partial charge in [0, 0.05) is 24.5 Å². The zero-order chi connectivity index (χ0) is 18.9. The molecule has 2 aromatic carbocycles. The Morgan fingerprint density at radius 1 is 1.07 bits per heavy atom. The van der Waals surface area contributed by atoms with Gasteiger partial charge >= 0.3 is 0 Å². The highest BCUT2D eigenvalue weighted by Crippen LogP contribution is 2.37. The molecule has 3 heterocycles. The maximum absolute atomic E-state index is 11.7. The van der Waals surface area contributed by atoms with Crippen LogP contribution in [0.3, 0.4) is 0 Å². The number of hydrogen-bond acceptors (Lipinski definition) is 5. The fraction of sp³-hybridized carbons (Fsp3) is 0.364. The van der Waals surface area contributed by atoms with Gasteiger partial charge in [-0.2, -0.15) is 0 Å². The molecule has 2 saturated heterocycles. The highest BCUT2D eigenvalue weighted by atomic mass is 16.5. The molecule has 28 heavy (non-hydrogen) atoms. The lowest BCUT2D eigenvalue weighted by atomic mass is 10.0. The van der Waals surface area contributed by atoms with E-state index in [1.807, 2.05) is 18.2 Å². The number of fused-ring (bicyclic) bond motifs is 1. The van der Waals surface area contributed by atoms with Crippen LogP contribution in [-0.2, 0) is 9.53 Å². The number of anilines is 2. The number of H-pyrrole nitrogens is 1. The minimum absolute atomic E-state index is 0.00340. The van der Waals surface area contributed by atoms with Crippen LogP contribution in [0.5, 0.6) is 0 Å². The standard InChI is InChI=1S/C22H24N4O2/c27-13-22-26(18-7-8-19-20(12-18)24-15-23-19)21(14-28-22)16-5-4-6-17(11-16)25-9-2-1-3-10-25/h4-8,11-13,15,21-22H,1-3,9-10,14H2,(H,23,24)/t21-,22?/m1/s1. The molecule has 0 aliphatic carbocycles. The van der Waals surface area contributed by atoms with Crippen LogP contribution in [0.1, 0.15) is 30.9 Å². The Hall–Kier alpha value is -2.86. The number of imidazole rings is 1. The number of piperidine rings is 1. The highest BCUT2D eigenvalue weighted by Gasteiger charge is 2.35. The Bertz CT molecular complexity index is 979. The van der Waals surface area contributed by atoms with E-state index in [2.05, 4.69) is 44.0 Å². The Balaban J connectivity index is 1.50. The van der Waals surface area contributed by atoms with Crippen LogP contribution in [0.25, 0.3) is 11.0 Å². The van der Waals surface area contributed by atoms with E-state index in [0.29, 0.717) is 6.61 Å². The van der Waals surface area contributed by atoms with E-state index >= 15 is 0 Å². The van der Waals surface area contributed by atoms with Crippen molar-refractivity contribution in [3.8, 4) is 0 Å². The van der Waals surface area contributed by atoms with Gasteiger partial charge in [-0.3, -0.25) is 4.79 Å². The normalized spacial score (nSPS) is 22.7. The van der Waals surface area contributed by atoms with Crippen LogP contribution in [0.4, 0.5) is 11.4 Å². The van der Waals surface area contributed by atoms with Gasteiger partial charge in [-0.1, -0.05) is 12.1 Å². The number of nitrogens with one attached hydrogen (secondary N) is 1. The average molecular weight is 376 g/mol. The third-order valence-electron chi connectivity index (χ3n) is 5.83. The fourth-order valence-electron chi connectivity index (χ4n) is 4.38. The summed E-state index contributed by atoms with van der Waals surface area (Å²) in [5, 5.41) is 0. The summed E-state index contributed by atoms with van der Waals surface area (Å²) in [5.41, 5.74) is 5.25. The number of benzene rings is 2. The molecule has 144 valence electrons. The van der Waals surface area contributed by atoms with Crippen molar-refractivity contribution in [2.75, 3.05) is 29.5 Å². The van der Waals surface area contributed by atoms with Crippen molar-refractivity contribution in [3.05, 3.63) is 54.4 Å². The van der Waals surface area contributed by atoms with Crippen molar-refractivity contribution >= 4 is 28.7 Å². The van der Waals surface area contributed by atoms with E-state index in [1.54, 1.807) is 6.33 Å². The number of carbonyl (C=O) groups is 1. The van der Waals surface area contributed by atoms with Crippen LogP contribution in [-0.4, -0.2) is 42.2 Å². The van der Waals surface area contributed by atoms with Crippen LogP contribution < -0.4 is 9.80 Å². The lowest BCUT2D eigenvalue weighted by Crippen LogP contribution is -2.33. The van der Waals surface area contributed by atoms with Crippen molar-refractivity contribution < 1.29 is 9.53 Å². The number of nitrogens with zero attached hydrogens (tertiary/aromatic N) is 3. The number of hydrogen-bond donors (Lipinski definition) is 1. The largest absolute Gasteiger partial charge is 0.372 e. The second-order valence-corrected chi connectivity index (χ2v) is 7.53. The second kappa shape index (κ2) is 7.28. The topological polar surface area (TPSA) is 61.5 Å². The summed E-state index contributed by atoms with van der Waals surface area (Å²) < 4.78 is 5.83. The molecule has 2 atom stereocenters. The summed E-state index contributed by atoms with van der Waals surface area (Å²) in [6.45, 7) is 2.72. The SMILES string of the molecule is O=CC1OC[C@H](c2cccc(N3CCCCC3)c2)N1c1ccc2[nH]cnc2c1. The van der Waals surface area contributed by atoms with Gasteiger partial charge < -0.3 is 19.5 Å². The summed E-state index contributed by atoms with van der Waals surface area (Å²) >= 11 is 0. The van der Waals surface area contributed by atoms with Crippen LogP contribution in [0.15, 0.2) is 48.8 Å². The first-order valence-corrected chi connectivity index (χ1v) is 9.97. The molecule has 2 aliphatic heterocycles. The Labute approximate surface area is 164 Å². The highest BCUT2D eigenvalue weighted by molar-refractivity contribution is 5.80. The van der Waals surface area contributed by atoms with E-state index in [0.717, 1.165) is 36.1 Å². The van der Waals surface area contributed by atoms with Gasteiger partial charge in [-0.15, -0.1) is 0 Å². The lowest BCUT2D eigenvalue weighted by Gasteiger charge is -2.31. The summed E-state index contributed by atoms with van der Waals surface area (Å²) in [5.74, 6) is 0. The third kappa shape index (κ3) is 3.03. The molecule has 5 rings (SSSR count). The van der Waals surface area contributed by atoms with Crippen LogP contribution in [0, 0.1) is 0 Å². The van der Waals surface area contributed by atoms with E-state index in [-0.39, 0.29) is 6.04 Å². The molecule has 0 saturated carbocycles. The monoisotopic (exact) mass is 376 g/mol. The molecular weight excluding hydrogens is 352 g/mol. The van der Waals surface area contributed by atoms with Crippen molar-refractivity contribution in [1.82, 2.24) is 9.97 Å². The minimum Gasteiger partial charge on any atom is -0.372 e. The molecule has 1 N–H and O–H groups in total. The first-order chi connectivity index (χ1) is 13.8. The zero-order valence-corrected chi connectivity index (χ0v) is 15.8. The quantitative estimate of drug-likeness (QED) is 0.704. The third-order valence-corrected chi connectivity index (χ3v) is 5.83. The van der Waals surface area contributed by atoms with E-state index < -0.39 is 6.23 Å². The number of carbonyl (C=O) groups excluding carboxylic acids is 1. The van der Waals surface area contributed by atoms with Gasteiger partial charge in [-0.25, -0.2) is 4.98 Å². The van der Waals surface area contributed by atoms with E-state index in [1.165, 1.54) is 30.5 Å². The van der Waals surface area contributed by atoms with Gasteiger partial charge in [-0.05, 0) is 55.2 Å². The lowest BCUT2D eigenvalue weighted by molar-refractivity contribution is -0.115. The molecular formula is C22H24N4O2. The van der Waals surface area contributed by atoms with E-state index in [9.17, 15) is 4.79 Å². The van der Waals surface area contributed by atoms with Crippen molar-refractivity contribution in [3.63, 3.8) is 0 Å². The van der Waals surface area contributed by atoms with Gasteiger partial charge in [0.25, 0.3) is 0 Å². The van der Waals surface area contributed by atoms with Crippen LogP contribution in [0.2, 0.25) is 0 Å². The molecule has 2 fully saturated rings. The number of aromatic nitrogens is 2. The number of rotatable bonds is 4. The van der Waals surface area contributed by atoms with Gasteiger partial charge in [0.15, 0.2) is 12.5 Å². The molecule has 0 spiro atoms. The maximum Gasteiger partial charge on any atom is 0.187 e. The molecule has 0 bridgehead atoms. The van der Waals surface area contributed by atoms with Gasteiger partial charge in [0.05, 0.1) is 30.0 Å². The maximum atomic E-state index is 11.7. The molecule has 2 aliphatic rings. The summed E-state index contributed by atoms with van der Waals surface area (Å²) in [6.07, 6.45) is 5.80. The molecule has 0 amide bonds. The second-order valence-electron chi connectivity index (χ2n) is 7.53. The predicted octanol–water partition coefficient (Wildman–Crippen LogP) is 3.66. The molecule has 3 aromatic rings. The smallest absolute Gasteiger partial charge is 0.187 e. The van der Waals surface area contributed by atoms with E-state index in [4.69, 9.17) is 4.74 Å². The Morgan fingerprint density at radius 2 is 1.96 bits per heavy atom. The summed E-state index contributed by atoms with van der Waals surface area (Å²) in [6, 6.07) is 14.7. The minimum atomic E-state index is -0.583. The fourth-order valence-corrected chi connectivity index (χ4v) is 4.38. The van der Waals surface area contributed by atoms with Crippen molar-refractivity contribution in [1.29, 1.82) is 0 Å². The zero-order valence-electron chi connectivity index (χ0n) is 15.8. The molecule has 0 radical (unpaired) electrons. The average Bonchev–Trinajstić information content (AvgIpc) is 3.40. The number of ether oxygens (including phenoxy) is 1. The van der Waals surface area contributed by atoms with Gasteiger partial charge in [0.2, 0.25) is 0 Å². The number of aromatic amines is 1. The van der Waals surface area contributed by atoms with Crippen LogP contribution >= 0.6 is 0 Å². The predicted molar refractivity (Wildman–Crippen MR) is 110 cm³/mol. The Morgan fingerprint density at radius 3 is 2.82 bits per heavy atom. The Kier molecular flexibility index (Phi) is 4.49. The molecule has 6 heteroatoms. The molecule has 1 unspecified atom stereocenters. The number of aldehydes is 1. The molecule has 6 nitrogen and oxygen atoms in total. The molecule has 1 aromatic heterocycles. The first-order valence-electron chi connectivity index (χ1n) is 9.97. The summed E-state index contributed by atoms with van der Waals surface area (Å²) in [4.78, 5) is 23.7. The first kappa shape index (κ1) is 17.3. The van der Waals surface area contributed by atoms with Crippen molar-refractivity contribution in [2.45, 2.75) is 31.5 Å².